The van der Waals surface area contributed by atoms with Crippen molar-refractivity contribution in [2.24, 2.45) is 0 Å². The first-order valence-electron chi connectivity index (χ1n) is 13.0. The molecule has 1 unspecified atom stereocenters. The molecule has 3 aromatic rings. The Bertz CT molecular complexity index is 1520. The van der Waals surface area contributed by atoms with E-state index in [4.69, 9.17) is 16.3 Å². The number of carboxylic acid groups (broad SMARTS) is 1. The number of aromatic nitrogens is 4. The van der Waals surface area contributed by atoms with Gasteiger partial charge in [0, 0.05) is 27.4 Å². The minimum Gasteiger partial charge on any atom is -0.465 e. The number of carbonyl (C=O) groups is 3. The molecule has 1 saturated carbocycles. The summed E-state index contributed by atoms with van der Waals surface area (Å²) in [5.74, 6) is -0.0906. The van der Waals surface area contributed by atoms with Gasteiger partial charge in [0.05, 0.1) is 24.4 Å². The van der Waals surface area contributed by atoms with Crippen LogP contribution in [0.1, 0.15) is 45.6 Å². The van der Waals surface area contributed by atoms with Crippen molar-refractivity contribution in [1.29, 1.82) is 0 Å². The molecule has 15 heteroatoms. The summed E-state index contributed by atoms with van der Waals surface area (Å²) < 4.78 is 7.95. The van der Waals surface area contributed by atoms with Gasteiger partial charge in [-0.2, -0.15) is 0 Å². The Kier molecular flexibility index (Phi) is 7.89. The number of nitrogens with one attached hydrogen (secondary N) is 3. The number of halogens is 2. The zero-order chi connectivity index (χ0) is 29.5. The van der Waals surface area contributed by atoms with E-state index in [1.165, 1.54) is 6.33 Å². The number of ether oxygens (including phenoxy) is 1. The molecular formula is C26H30ClIN8O5. The average molecular weight is 697 g/mol. The number of rotatable bonds is 7. The number of anilines is 2. The van der Waals surface area contributed by atoms with Gasteiger partial charge in [-0.05, 0) is 74.8 Å². The third-order valence-electron chi connectivity index (χ3n) is 6.82. The van der Waals surface area contributed by atoms with Crippen LogP contribution in [-0.2, 0) is 16.1 Å². The van der Waals surface area contributed by atoms with E-state index in [1.807, 2.05) is 15.5 Å². The molecule has 2 aliphatic rings. The lowest BCUT2D eigenvalue weighted by Crippen LogP contribution is -2.60. The smallest absolute Gasteiger partial charge is 0.413 e. The first-order chi connectivity index (χ1) is 19.3. The summed E-state index contributed by atoms with van der Waals surface area (Å²) in [7, 11) is 0. The zero-order valence-electron chi connectivity index (χ0n) is 22.7. The minimum atomic E-state index is -1.27. The number of imidazole rings is 1. The van der Waals surface area contributed by atoms with Gasteiger partial charge >= 0.3 is 12.2 Å². The van der Waals surface area contributed by atoms with E-state index in [0.717, 1.165) is 27.7 Å². The van der Waals surface area contributed by atoms with E-state index in [9.17, 15) is 19.5 Å². The first-order valence-corrected chi connectivity index (χ1v) is 14.5. The summed E-state index contributed by atoms with van der Waals surface area (Å²) in [6.07, 6.45) is 3.15. The van der Waals surface area contributed by atoms with Crippen LogP contribution in [0.25, 0.3) is 11.2 Å². The minimum absolute atomic E-state index is 0.0993. The van der Waals surface area contributed by atoms with E-state index in [2.05, 4.69) is 53.5 Å². The second-order valence-electron chi connectivity index (χ2n) is 11.2. The molecule has 5 rings (SSSR count). The summed E-state index contributed by atoms with van der Waals surface area (Å²) in [6, 6.07) is 3.76. The molecule has 41 heavy (non-hydrogen) atoms. The molecule has 3 amide bonds. The van der Waals surface area contributed by atoms with E-state index >= 15 is 0 Å². The van der Waals surface area contributed by atoms with Gasteiger partial charge in [0.25, 0.3) is 0 Å². The molecule has 0 spiro atoms. The molecule has 13 nitrogen and oxygen atoms in total. The largest absolute Gasteiger partial charge is 0.465 e. The molecule has 1 aromatic carbocycles. The normalized spacial score (nSPS) is 18.8. The van der Waals surface area contributed by atoms with E-state index in [-0.39, 0.29) is 24.3 Å². The van der Waals surface area contributed by atoms with Gasteiger partial charge in [0.1, 0.15) is 17.5 Å². The van der Waals surface area contributed by atoms with E-state index < -0.39 is 23.3 Å². The lowest BCUT2D eigenvalue weighted by Gasteiger charge is -2.29. The van der Waals surface area contributed by atoms with Crippen LogP contribution in [0, 0.1) is 3.57 Å². The molecule has 0 bridgehead atoms. The number of hydrogen-bond acceptors (Lipinski definition) is 8. The predicted octanol–water partition coefficient (Wildman–Crippen LogP) is 3.97. The molecule has 0 radical (unpaired) electrons. The highest BCUT2D eigenvalue weighted by Gasteiger charge is 2.48. The van der Waals surface area contributed by atoms with Crippen molar-refractivity contribution >= 4 is 75.0 Å². The highest BCUT2D eigenvalue weighted by Crippen LogP contribution is 2.36. The summed E-state index contributed by atoms with van der Waals surface area (Å²) in [5.41, 5.74) is 0.593. The monoisotopic (exact) mass is 696 g/mol. The molecule has 1 atom stereocenters. The number of fused-ring (bicyclic) bond motifs is 1. The lowest BCUT2D eigenvalue weighted by atomic mass is 9.97. The highest BCUT2D eigenvalue weighted by molar-refractivity contribution is 14.1. The molecule has 2 fully saturated rings. The lowest BCUT2D eigenvalue weighted by molar-refractivity contribution is -0.126. The van der Waals surface area contributed by atoms with Crippen molar-refractivity contribution in [1.82, 2.24) is 30.2 Å². The van der Waals surface area contributed by atoms with Crippen molar-refractivity contribution < 1.29 is 24.2 Å². The second-order valence-corrected chi connectivity index (χ2v) is 12.7. The fraction of sp³-hybridized carbons (Fsp3) is 0.462. The first kappa shape index (κ1) is 29.1. The molecule has 4 N–H and O–H groups in total. The van der Waals surface area contributed by atoms with E-state index in [0.29, 0.717) is 35.7 Å². The predicted molar refractivity (Wildman–Crippen MR) is 160 cm³/mol. The van der Waals surface area contributed by atoms with Crippen LogP contribution >= 0.6 is 34.2 Å². The maximum Gasteiger partial charge on any atom is 0.413 e. The molecule has 1 aliphatic heterocycles. The maximum absolute atomic E-state index is 13.2. The number of carbonyl (C=O) groups excluding carboxylic acids is 2. The van der Waals surface area contributed by atoms with Crippen molar-refractivity contribution in [3.63, 3.8) is 0 Å². The fourth-order valence-corrected chi connectivity index (χ4v) is 5.61. The Morgan fingerprint density at radius 3 is 2.66 bits per heavy atom. The van der Waals surface area contributed by atoms with Crippen LogP contribution in [-0.4, -0.2) is 73.0 Å². The molecule has 218 valence electrons. The van der Waals surface area contributed by atoms with Gasteiger partial charge in [-0.3, -0.25) is 10.1 Å². The van der Waals surface area contributed by atoms with Crippen molar-refractivity contribution in [2.45, 2.75) is 63.8 Å². The summed E-state index contributed by atoms with van der Waals surface area (Å²) in [6.45, 7) is 6.24. The SMILES string of the molecule is CC(C)(C)OC(=O)Nc1ncnc2c1ncn2Cc1c(N2CCC(NC(=O)O)(C(=O)NC3CC3)C2)ccc(Cl)c1I. The van der Waals surface area contributed by atoms with Gasteiger partial charge in [0.2, 0.25) is 5.91 Å². The number of nitrogens with zero attached hydrogens (tertiary/aromatic N) is 5. The summed E-state index contributed by atoms with van der Waals surface area (Å²) in [5, 5.41) is 18.2. The van der Waals surface area contributed by atoms with Crippen molar-refractivity contribution in [3.05, 3.63) is 38.9 Å². The van der Waals surface area contributed by atoms with Crippen LogP contribution in [0.2, 0.25) is 5.02 Å². The maximum atomic E-state index is 13.2. The van der Waals surface area contributed by atoms with Gasteiger partial charge in [-0.1, -0.05) is 11.6 Å². The topological polar surface area (TPSA) is 164 Å². The Morgan fingerprint density at radius 2 is 1.98 bits per heavy atom. The molecular weight excluding hydrogens is 667 g/mol. The van der Waals surface area contributed by atoms with Crippen LogP contribution < -0.4 is 20.9 Å². The Balaban J connectivity index is 1.44. The van der Waals surface area contributed by atoms with Gasteiger partial charge in [0.15, 0.2) is 17.0 Å². The summed E-state index contributed by atoms with van der Waals surface area (Å²) in [4.78, 5) is 52.2. The third kappa shape index (κ3) is 6.42. The van der Waals surface area contributed by atoms with Gasteiger partial charge in [-0.15, -0.1) is 0 Å². The Morgan fingerprint density at radius 1 is 1.22 bits per heavy atom. The quantitative estimate of drug-likeness (QED) is 0.268. The van der Waals surface area contributed by atoms with Crippen molar-refractivity contribution in [2.75, 3.05) is 23.3 Å². The van der Waals surface area contributed by atoms with E-state index in [1.54, 1.807) is 33.2 Å². The van der Waals surface area contributed by atoms with Crippen LogP contribution in [0.4, 0.5) is 21.1 Å². The Hall–Kier alpha value is -3.40. The average Bonchev–Trinajstić information content (AvgIpc) is 3.44. The third-order valence-corrected chi connectivity index (χ3v) is 8.69. The second kappa shape index (κ2) is 11.1. The van der Waals surface area contributed by atoms with Crippen LogP contribution in [0.5, 0.6) is 0 Å². The molecule has 3 heterocycles. The van der Waals surface area contributed by atoms with Gasteiger partial charge < -0.3 is 29.9 Å². The standard InChI is InChI=1S/C26H30ClIN8O5/c1-25(2,3)41-24(40)33-20-19-21(30-12-29-20)36(13-31-19)10-15-17(7-6-16(27)18(15)28)35-9-8-26(11-35,34-23(38)39)22(37)32-14-4-5-14/h6-7,12-14,34H,4-5,8-11H2,1-3H3,(H,32,37)(H,38,39)(H,29,30,33,40). The Labute approximate surface area is 254 Å². The molecule has 1 aliphatic carbocycles. The number of hydrogen-bond donors (Lipinski definition) is 4. The summed E-state index contributed by atoms with van der Waals surface area (Å²) >= 11 is 8.71. The highest BCUT2D eigenvalue weighted by atomic mass is 127. The van der Waals surface area contributed by atoms with Crippen molar-refractivity contribution in [3.8, 4) is 0 Å². The number of amides is 3. The molecule has 1 saturated heterocycles. The fourth-order valence-electron chi connectivity index (χ4n) is 4.80. The van der Waals surface area contributed by atoms with Crippen LogP contribution in [0.15, 0.2) is 24.8 Å². The molecule has 2 aromatic heterocycles. The zero-order valence-corrected chi connectivity index (χ0v) is 25.6. The van der Waals surface area contributed by atoms with Crippen LogP contribution in [0.3, 0.4) is 0 Å². The van der Waals surface area contributed by atoms with Gasteiger partial charge in [-0.25, -0.2) is 24.5 Å². The number of benzene rings is 1.